The van der Waals surface area contributed by atoms with Crippen LogP contribution in [0.5, 0.6) is 0 Å². The Morgan fingerprint density at radius 2 is 1.57 bits per heavy atom. The van der Waals surface area contributed by atoms with Crippen LogP contribution in [0.15, 0.2) is 78.9 Å². The molecule has 0 amide bonds. The molecular formula is C26H25N2OS+. The number of fused-ring (bicyclic) bond motifs is 1. The number of benzene rings is 3. The highest BCUT2D eigenvalue weighted by Gasteiger charge is 2.18. The minimum Gasteiger partial charge on any atom is -0.378 e. The lowest BCUT2D eigenvalue weighted by molar-refractivity contribution is -0.659. The summed E-state index contributed by atoms with van der Waals surface area (Å²) >= 11 is 1.84. The molecule has 0 unspecified atom stereocenters. The predicted octanol–water partition coefficient (Wildman–Crippen LogP) is 5.24. The molecule has 4 aromatic rings. The number of rotatable bonds is 5. The average molecular weight is 414 g/mol. The molecule has 0 bridgehead atoms. The number of ether oxygens (including phenoxy) is 1. The van der Waals surface area contributed by atoms with Gasteiger partial charge in [0.1, 0.15) is 4.70 Å². The molecule has 1 aliphatic heterocycles. The van der Waals surface area contributed by atoms with Gasteiger partial charge in [0.2, 0.25) is 5.52 Å². The van der Waals surface area contributed by atoms with Crippen molar-refractivity contribution in [2.45, 2.75) is 6.54 Å². The van der Waals surface area contributed by atoms with E-state index in [1.54, 1.807) is 0 Å². The zero-order valence-electron chi connectivity index (χ0n) is 16.9. The van der Waals surface area contributed by atoms with Crippen molar-refractivity contribution in [3.63, 3.8) is 0 Å². The Morgan fingerprint density at radius 1 is 0.833 bits per heavy atom. The second-order valence-corrected chi connectivity index (χ2v) is 8.57. The molecule has 0 atom stereocenters. The van der Waals surface area contributed by atoms with Crippen LogP contribution in [-0.2, 0) is 11.3 Å². The molecule has 1 saturated heterocycles. The Morgan fingerprint density at radius 3 is 2.37 bits per heavy atom. The highest BCUT2D eigenvalue weighted by Crippen LogP contribution is 2.23. The number of nitrogens with zero attached hydrogens (tertiary/aromatic N) is 2. The maximum Gasteiger partial charge on any atom is 0.263 e. The van der Waals surface area contributed by atoms with Crippen molar-refractivity contribution in [2.75, 3.05) is 31.2 Å². The summed E-state index contributed by atoms with van der Waals surface area (Å²) in [6.07, 6.45) is 4.46. The molecule has 3 aromatic carbocycles. The van der Waals surface area contributed by atoms with Gasteiger partial charge in [-0.2, -0.15) is 4.57 Å². The van der Waals surface area contributed by atoms with E-state index >= 15 is 0 Å². The van der Waals surface area contributed by atoms with Gasteiger partial charge in [0.15, 0.2) is 6.54 Å². The molecule has 2 heterocycles. The topological polar surface area (TPSA) is 16.4 Å². The van der Waals surface area contributed by atoms with Gasteiger partial charge in [-0.15, -0.1) is 0 Å². The SMILES string of the molecule is C(=C\c1sc2ccccc2[n+]1Cc1ccccc1)/c1ccc(N2CCOCC2)cc1. The van der Waals surface area contributed by atoms with Gasteiger partial charge in [0.25, 0.3) is 5.01 Å². The number of hydrogen-bond donors (Lipinski definition) is 0. The third-order valence-corrected chi connectivity index (χ3v) is 6.64. The van der Waals surface area contributed by atoms with Crippen LogP contribution in [0.1, 0.15) is 16.1 Å². The summed E-state index contributed by atoms with van der Waals surface area (Å²) in [5.74, 6) is 0. The summed E-state index contributed by atoms with van der Waals surface area (Å²) in [5.41, 5.74) is 5.09. The Kier molecular flexibility index (Phi) is 5.60. The van der Waals surface area contributed by atoms with Crippen LogP contribution < -0.4 is 9.47 Å². The molecule has 150 valence electrons. The van der Waals surface area contributed by atoms with Crippen molar-refractivity contribution in [1.82, 2.24) is 0 Å². The summed E-state index contributed by atoms with van der Waals surface area (Å²) in [6, 6.07) is 28.2. The van der Waals surface area contributed by atoms with Gasteiger partial charge < -0.3 is 9.64 Å². The molecule has 30 heavy (non-hydrogen) atoms. The normalized spacial score (nSPS) is 14.6. The highest BCUT2D eigenvalue weighted by molar-refractivity contribution is 7.18. The van der Waals surface area contributed by atoms with Crippen LogP contribution in [0, 0.1) is 0 Å². The van der Waals surface area contributed by atoms with E-state index in [1.165, 1.54) is 32.0 Å². The van der Waals surface area contributed by atoms with Gasteiger partial charge in [-0.25, -0.2) is 0 Å². The molecule has 5 rings (SSSR count). The first-order valence-corrected chi connectivity index (χ1v) is 11.2. The number of para-hydroxylation sites is 1. The molecule has 0 spiro atoms. The standard InChI is InChI=1S/C26H25N2OS/c1-2-6-22(7-3-1)20-28-24-8-4-5-9-25(24)30-26(28)15-12-21-10-13-23(14-11-21)27-16-18-29-19-17-27/h1-15H,16-20H2/q+1. The van der Waals surface area contributed by atoms with Crippen LogP contribution in [-0.4, -0.2) is 26.3 Å². The first kappa shape index (κ1) is 19.0. The molecule has 1 aliphatic rings. The zero-order chi connectivity index (χ0) is 20.2. The largest absolute Gasteiger partial charge is 0.378 e. The van der Waals surface area contributed by atoms with Crippen LogP contribution >= 0.6 is 11.3 Å². The Bertz CT molecular complexity index is 1140. The molecule has 0 aliphatic carbocycles. The molecule has 1 aromatic heterocycles. The van der Waals surface area contributed by atoms with Gasteiger partial charge in [-0.3, -0.25) is 0 Å². The maximum absolute atomic E-state index is 5.46. The van der Waals surface area contributed by atoms with Gasteiger partial charge in [-0.05, 0) is 29.8 Å². The van der Waals surface area contributed by atoms with Crippen LogP contribution in [0.4, 0.5) is 5.69 Å². The molecule has 0 radical (unpaired) electrons. The van der Waals surface area contributed by atoms with Gasteiger partial charge in [0, 0.05) is 36.5 Å². The quantitative estimate of drug-likeness (QED) is 0.416. The highest BCUT2D eigenvalue weighted by atomic mass is 32.1. The summed E-state index contributed by atoms with van der Waals surface area (Å²) in [7, 11) is 0. The lowest BCUT2D eigenvalue weighted by Crippen LogP contribution is -2.36. The average Bonchev–Trinajstić information content (AvgIpc) is 3.17. The number of aromatic nitrogens is 1. The zero-order valence-corrected chi connectivity index (χ0v) is 17.7. The number of morpholine rings is 1. The van der Waals surface area contributed by atoms with Gasteiger partial charge >= 0.3 is 0 Å². The number of anilines is 1. The molecule has 3 nitrogen and oxygen atoms in total. The van der Waals surface area contributed by atoms with E-state index in [4.69, 9.17) is 4.74 Å². The fourth-order valence-electron chi connectivity index (χ4n) is 3.89. The van der Waals surface area contributed by atoms with Crippen molar-refractivity contribution in [3.8, 4) is 0 Å². The maximum atomic E-state index is 5.46. The monoisotopic (exact) mass is 413 g/mol. The lowest BCUT2D eigenvalue weighted by atomic mass is 10.1. The number of hydrogen-bond acceptors (Lipinski definition) is 3. The van der Waals surface area contributed by atoms with E-state index in [0.29, 0.717) is 0 Å². The van der Waals surface area contributed by atoms with Crippen molar-refractivity contribution >= 4 is 39.4 Å². The van der Waals surface area contributed by atoms with E-state index in [1.807, 2.05) is 11.3 Å². The van der Waals surface area contributed by atoms with E-state index < -0.39 is 0 Å². The summed E-state index contributed by atoms with van der Waals surface area (Å²) in [5, 5.41) is 1.26. The van der Waals surface area contributed by atoms with E-state index in [0.717, 1.165) is 32.8 Å². The molecule has 0 N–H and O–H groups in total. The first-order chi connectivity index (χ1) is 14.9. The van der Waals surface area contributed by atoms with E-state index in [9.17, 15) is 0 Å². The van der Waals surface area contributed by atoms with Crippen molar-refractivity contribution in [1.29, 1.82) is 0 Å². The molecular weight excluding hydrogens is 388 g/mol. The summed E-state index contributed by atoms with van der Waals surface area (Å²) in [4.78, 5) is 2.39. The van der Waals surface area contributed by atoms with Crippen LogP contribution in [0.3, 0.4) is 0 Å². The van der Waals surface area contributed by atoms with Gasteiger partial charge in [-0.1, -0.05) is 65.9 Å². The van der Waals surface area contributed by atoms with Crippen LogP contribution in [0.2, 0.25) is 0 Å². The smallest absolute Gasteiger partial charge is 0.263 e. The minimum atomic E-state index is 0.814. The summed E-state index contributed by atoms with van der Waals surface area (Å²) < 4.78 is 9.18. The minimum absolute atomic E-state index is 0.814. The fraction of sp³-hybridized carbons (Fsp3) is 0.192. The fourth-order valence-corrected chi connectivity index (χ4v) is 4.96. The second-order valence-electron chi connectivity index (χ2n) is 7.50. The van der Waals surface area contributed by atoms with Crippen LogP contribution in [0.25, 0.3) is 22.4 Å². The summed E-state index contributed by atoms with van der Waals surface area (Å²) in [6.45, 7) is 4.44. The molecule has 0 saturated carbocycles. The third kappa shape index (κ3) is 4.16. The molecule has 4 heteroatoms. The third-order valence-electron chi connectivity index (χ3n) is 5.51. The first-order valence-electron chi connectivity index (χ1n) is 10.4. The van der Waals surface area contributed by atoms with E-state index in [-0.39, 0.29) is 0 Å². The van der Waals surface area contributed by atoms with Gasteiger partial charge in [0.05, 0.1) is 13.2 Å². The second kappa shape index (κ2) is 8.82. The van der Waals surface area contributed by atoms with Crippen molar-refractivity contribution in [2.24, 2.45) is 0 Å². The van der Waals surface area contributed by atoms with Crippen molar-refractivity contribution in [3.05, 3.63) is 95.0 Å². The lowest BCUT2D eigenvalue weighted by Gasteiger charge is -2.28. The molecule has 1 fully saturated rings. The Labute approximate surface area is 181 Å². The predicted molar refractivity (Wildman–Crippen MR) is 126 cm³/mol. The van der Waals surface area contributed by atoms with Crippen molar-refractivity contribution < 1.29 is 9.30 Å². The Balaban J connectivity index is 1.41. The van der Waals surface area contributed by atoms with E-state index in [2.05, 4.69) is 100 Å². The Hall–Kier alpha value is -2.95. The number of thiazole rings is 1.